The van der Waals surface area contributed by atoms with Gasteiger partial charge in [0.15, 0.2) is 5.82 Å². The molecule has 5 heteroatoms. The van der Waals surface area contributed by atoms with Crippen molar-refractivity contribution < 1.29 is 0 Å². The van der Waals surface area contributed by atoms with E-state index in [4.69, 9.17) is 0 Å². The van der Waals surface area contributed by atoms with Gasteiger partial charge in [0.2, 0.25) is 0 Å². The van der Waals surface area contributed by atoms with E-state index in [0.29, 0.717) is 0 Å². The fraction of sp³-hybridized carbons (Fsp3) is 0.250. The third-order valence-corrected chi connectivity index (χ3v) is 3.87. The van der Waals surface area contributed by atoms with Gasteiger partial charge >= 0.3 is 0 Å². The van der Waals surface area contributed by atoms with Gasteiger partial charge in [0.1, 0.15) is 0 Å². The van der Waals surface area contributed by atoms with E-state index >= 15 is 0 Å². The summed E-state index contributed by atoms with van der Waals surface area (Å²) >= 11 is 5.17. The van der Waals surface area contributed by atoms with Gasteiger partial charge in [0.25, 0.3) is 0 Å². The molecule has 2 aromatic heterocycles. The SMILES string of the molecule is CN(C)c1ncccc1NCc1csc(Br)c1. The highest BCUT2D eigenvalue weighted by Gasteiger charge is 2.05. The number of nitrogens with one attached hydrogen (secondary N) is 1. The molecule has 90 valence electrons. The fourth-order valence-corrected chi connectivity index (χ4v) is 2.74. The minimum Gasteiger partial charge on any atom is -0.378 e. The Bertz CT molecular complexity index is 496. The van der Waals surface area contributed by atoms with Crippen molar-refractivity contribution in [2.45, 2.75) is 6.54 Å². The first kappa shape index (κ1) is 12.4. The van der Waals surface area contributed by atoms with Gasteiger partial charge in [-0.3, -0.25) is 0 Å². The molecule has 0 spiro atoms. The summed E-state index contributed by atoms with van der Waals surface area (Å²) in [6.07, 6.45) is 1.81. The van der Waals surface area contributed by atoms with E-state index in [9.17, 15) is 0 Å². The maximum absolute atomic E-state index is 4.35. The Morgan fingerprint density at radius 2 is 2.29 bits per heavy atom. The second-order valence-corrected chi connectivity index (χ2v) is 6.17. The van der Waals surface area contributed by atoms with Crippen LogP contribution in [0.25, 0.3) is 0 Å². The normalized spacial score (nSPS) is 10.3. The van der Waals surface area contributed by atoms with Gasteiger partial charge in [-0.15, -0.1) is 11.3 Å². The van der Waals surface area contributed by atoms with Crippen LogP contribution >= 0.6 is 27.3 Å². The number of halogens is 1. The highest BCUT2D eigenvalue weighted by atomic mass is 79.9. The van der Waals surface area contributed by atoms with Crippen molar-refractivity contribution >= 4 is 38.8 Å². The molecule has 0 unspecified atom stereocenters. The Hall–Kier alpha value is -1.07. The molecule has 1 N–H and O–H groups in total. The topological polar surface area (TPSA) is 28.2 Å². The lowest BCUT2D eigenvalue weighted by molar-refractivity contribution is 1.05. The summed E-state index contributed by atoms with van der Waals surface area (Å²) in [5.41, 5.74) is 2.33. The van der Waals surface area contributed by atoms with Crippen molar-refractivity contribution in [3.8, 4) is 0 Å². The number of hydrogen-bond donors (Lipinski definition) is 1. The monoisotopic (exact) mass is 311 g/mol. The molecule has 0 amide bonds. The van der Waals surface area contributed by atoms with E-state index in [2.05, 4.69) is 37.7 Å². The number of anilines is 2. The van der Waals surface area contributed by atoms with Crippen LogP contribution in [0.2, 0.25) is 0 Å². The quantitative estimate of drug-likeness (QED) is 0.935. The van der Waals surface area contributed by atoms with Gasteiger partial charge in [-0.25, -0.2) is 4.98 Å². The molecule has 0 bridgehead atoms. The lowest BCUT2D eigenvalue weighted by Gasteiger charge is -2.16. The van der Waals surface area contributed by atoms with Crippen LogP contribution in [0.1, 0.15) is 5.56 Å². The Kier molecular flexibility index (Phi) is 4.02. The largest absolute Gasteiger partial charge is 0.378 e. The van der Waals surface area contributed by atoms with E-state index in [1.54, 1.807) is 11.3 Å². The minimum atomic E-state index is 0.814. The zero-order chi connectivity index (χ0) is 12.3. The van der Waals surface area contributed by atoms with Gasteiger partial charge in [0, 0.05) is 26.8 Å². The third kappa shape index (κ3) is 3.20. The highest BCUT2D eigenvalue weighted by molar-refractivity contribution is 9.11. The molecule has 0 fully saturated rings. The molecule has 0 atom stereocenters. The maximum atomic E-state index is 4.35. The van der Waals surface area contributed by atoms with Gasteiger partial charge < -0.3 is 10.2 Å². The summed E-state index contributed by atoms with van der Waals surface area (Å²) in [5.74, 6) is 0.960. The van der Waals surface area contributed by atoms with Crippen LogP contribution in [-0.2, 0) is 6.54 Å². The molecule has 0 aromatic carbocycles. The standard InChI is InChI=1S/C12H14BrN3S/c1-16(2)12-10(4-3-5-14-12)15-7-9-6-11(13)17-8-9/h3-6,8,15H,7H2,1-2H3. The summed E-state index contributed by atoms with van der Waals surface area (Å²) in [7, 11) is 3.99. The average molecular weight is 312 g/mol. The zero-order valence-corrected chi connectivity index (χ0v) is 12.2. The lowest BCUT2D eigenvalue weighted by Crippen LogP contribution is -2.13. The smallest absolute Gasteiger partial charge is 0.151 e. The van der Waals surface area contributed by atoms with Crippen molar-refractivity contribution in [3.63, 3.8) is 0 Å². The van der Waals surface area contributed by atoms with Gasteiger partial charge in [-0.05, 0) is 45.1 Å². The summed E-state index contributed by atoms with van der Waals surface area (Å²) in [5, 5.41) is 5.55. The summed E-state index contributed by atoms with van der Waals surface area (Å²) in [6, 6.07) is 6.12. The molecule has 3 nitrogen and oxygen atoms in total. The Labute approximate surface area is 114 Å². The van der Waals surface area contributed by atoms with E-state index < -0.39 is 0 Å². The Balaban J connectivity index is 2.08. The molecule has 2 aromatic rings. The Morgan fingerprint density at radius 3 is 2.94 bits per heavy atom. The number of pyridine rings is 1. The van der Waals surface area contributed by atoms with Gasteiger partial charge in [-0.1, -0.05) is 0 Å². The Morgan fingerprint density at radius 1 is 1.47 bits per heavy atom. The van der Waals surface area contributed by atoms with Crippen molar-refractivity contribution in [3.05, 3.63) is 39.1 Å². The van der Waals surface area contributed by atoms with E-state index in [1.165, 1.54) is 5.56 Å². The zero-order valence-electron chi connectivity index (χ0n) is 9.77. The number of hydrogen-bond acceptors (Lipinski definition) is 4. The average Bonchev–Trinajstić information content (AvgIpc) is 2.73. The molecule has 0 aliphatic carbocycles. The third-order valence-electron chi connectivity index (χ3n) is 2.32. The molecular formula is C12H14BrN3S. The molecule has 17 heavy (non-hydrogen) atoms. The van der Waals surface area contributed by atoms with E-state index in [0.717, 1.165) is 21.8 Å². The molecule has 0 radical (unpaired) electrons. The van der Waals surface area contributed by atoms with Crippen LogP contribution in [0.3, 0.4) is 0 Å². The van der Waals surface area contributed by atoms with Gasteiger partial charge in [0.05, 0.1) is 9.47 Å². The predicted molar refractivity (Wildman–Crippen MR) is 77.9 cm³/mol. The van der Waals surface area contributed by atoms with Crippen LogP contribution in [0.4, 0.5) is 11.5 Å². The number of aromatic nitrogens is 1. The molecule has 0 aliphatic rings. The van der Waals surface area contributed by atoms with Crippen LogP contribution in [0.15, 0.2) is 33.6 Å². The van der Waals surface area contributed by atoms with Crippen molar-refractivity contribution in [2.75, 3.05) is 24.3 Å². The summed E-state index contributed by atoms with van der Waals surface area (Å²) < 4.78 is 1.16. The minimum absolute atomic E-state index is 0.814. The van der Waals surface area contributed by atoms with Crippen LogP contribution in [0, 0.1) is 0 Å². The number of nitrogens with zero attached hydrogens (tertiary/aromatic N) is 2. The molecule has 2 heterocycles. The highest BCUT2D eigenvalue weighted by Crippen LogP contribution is 2.24. The molecule has 0 saturated carbocycles. The second kappa shape index (κ2) is 5.51. The molecule has 0 aliphatic heterocycles. The van der Waals surface area contributed by atoms with Crippen molar-refractivity contribution in [2.24, 2.45) is 0 Å². The number of thiophene rings is 1. The molecule has 2 rings (SSSR count). The first-order chi connectivity index (χ1) is 8.16. The van der Waals surface area contributed by atoms with Crippen LogP contribution in [-0.4, -0.2) is 19.1 Å². The van der Waals surface area contributed by atoms with Crippen molar-refractivity contribution in [1.29, 1.82) is 0 Å². The van der Waals surface area contributed by atoms with E-state index in [1.807, 2.05) is 37.3 Å². The van der Waals surface area contributed by atoms with E-state index in [-0.39, 0.29) is 0 Å². The maximum Gasteiger partial charge on any atom is 0.151 e. The summed E-state index contributed by atoms with van der Waals surface area (Å²) in [6.45, 7) is 0.814. The molecular weight excluding hydrogens is 298 g/mol. The number of rotatable bonds is 4. The second-order valence-electron chi connectivity index (χ2n) is 3.88. The molecule has 0 saturated heterocycles. The van der Waals surface area contributed by atoms with Crippen LogP contribution < -0.4 is 10.2 Å². The van der Waals surface area contributed by atoms with Crippen LogP contribution in [0.5, 0.6) is 0 Å². The predicted octanol–water partition coefficient (Wildman–Crippen LogP) is 3.58. The first-order valence-electron chi connectivity index (χ1n) is 5.26. The lowest BCUT2D eigenvalue weighted by atomic mass is 10.3. The fourth-order valence-electron chi connectivity index (χ4n) is 1.53. The van der Waals surface area contributed by atoms with Crippen molar-refractivity contribution in [1.82, 2.24) is 4.98 Å². The summed E-state index contributed by atoms with van der Waals surface area (Å²) in [4.78, 5) is 6.36. The first-order valence-corrected chi connectivity index (χ1v) is 6.93. The van der Waals surface area contributed by atoms with Gasteiger partial charge in [-0.2, -0.15) is 0 Å².